The van der Waals surface area contributed by atoms with E-state index in [9.17, 15) is 4.79 Å². The van der Waals surface area contributed by atoms with E-state index in [1.807, 2.05) is 30.5 Å². The molecule has 1 amide bonds. The molecule has 1 atom stereocenters. The van der Waals surface area contributed by atoms with Crippen molar-refractivity contribution < 1.29 is 9.53 Å². The van der Waals surface area contributed by atoms with Crippen molar-refractivity contribution in [1.29, 1.82) is 0 Å². The quantitative estimate of drug-likeness (QED) is 0.800. The number of aliphatic imine (C=N–C) groups is 1. The smallest absolute Gasteiger partial charge is 0.220 e. The summed E-state index contributed by atoms with van der Waals surface area (Å²) in [6.45, 7) is 1.81. The van der Waals surface area contributed by atoms with Gasteiger partial charge in [0, 0.05) is 37.3 Å². The molecule has 1 unspecified atom stereocenters. The normalized spacial score (nSPS) is 21.0. The molecule has 1 saturated heterocycles. The molecule has 5 nitrogen and oxygen atoms in total. The zero-order chi connectivity index (χ0) is 20.8. The Morgan fingerprint density at radius 3 is 3.10 bits per heavy atom. The van der Waals surface area contributed by atoms with Crippen molar-refractivity contribution in [3.63, 3.8) is 0 Å². The molecule has 0 bridgehead atoms. The van der Waals surface area contributed by atoms with E-state index in [1.165, 1.54) is 11.1 Å². The van der Waals surface area contributed by atoms with Crippen molar-refractivity contribution in [3.05, 3.63) is 65.4 Å². The summed E-state index contributed by atoms with van der Waals surface area (Å²) in [6, 6.07) is 8.06. The number of carbonyl (C=O) groups excluding carboxylic acids is 1. The van der Waals surface area contributed by atoms with Crippen molar-refractivity contribution >= 4 is 11.7 Å². The number of aryl methyl sites for hydroxylation is 1. The largest absolute Gasteiger partial charge is 0.496 e. The Bertz CT molecular complexity index is 897. The Morgan fingerprint density at radius 2 is 2.20 bits per heavy atom. The number of rotatable bonds is 5. The first-order valence-electron chi connectivity index (χ1n) is 11.0. The van der Waals surface area contributed by atoms with Gasteiger partial charge in [-0.1, -0.05) is 42.0 Å². The maximum atomic E-state index is 12.6. The van der Waals surface area contributed by atoms with Gasteiger partial charge in [-0.2, -0.15) is 0 Å². The van der Waals surface area contributed by atoms with E-state index in [2.05, 4.69) is 28.4 Å². The molecule has 1 aromatic carbocycles. The van der Waals surface area contributed by atoms with Gasteiger partial charge < -0.3 is 15.0 Å². The standard InChI is InChI=1S/C25H31N3O2/c1-30-23-13-5-3-9-20(23)14-15-24(29)27-21-11-7-17-28(18-21)25-22-12-4-2-8-19(22)10-6-16-26-25/h3-6,9,12-13,16,21H,2,7-8,10-11,14-15,17-18H2,1H3,(H,27,29). The lowest BCUT2D eigenvalue weighted by atomic mass is 9.93. The maximum absolute atomic E-state index is 12.6. The summed E-state index contributed by atoms with van der Waals surface area (Å²) < 4.78 is 5.40. The van der Waals surface area contributed by atoms with E-state index in [0.29, 0.717) is 12.8 Å². The molecule has 1 fully saturated rings. The Kier molecular flexibility index (Phi) is 6.67. The third-order valence-electron chi connectivity index (χ3n) is 6.09. The summed E-state index contributed by atoms with van der Waals surface area (Å²) >= 11 is 0. The van der Waals surface area contributed by atoms with Gasteiger partial charge in [-0.05, 0) is 50.2 Å². The topological polar surface area (TPSA) is 53.9 Å². The minimum Gasteiger partial charge on any atom is -0.496 e. The summed E-state index contributed by atoms with van der Waals surface area (Å²) in [6.07, 6.45) is 15.0. The fourth-order valence-electron chi connectivity index (χ4n) is 4.54. The van der Waals surface area contributed by atoms with Gasteiger partial charge in [0.1, 0.15) is 11.6 Å². The van der Waals surface area contributed by atoms with Gasteiger partial charge >= 0.3 is 0 Å². The molecule has 3 aliphatic rings. The Labute approximate surface area is 179 Å². The molecule has 158 valence electrons. The molecule has 5 heteroatoms. The van der Waals surface area contributed by atoms with E-state index in [0.717, 1.165) is 62.3 Å². The molecule has 30 heavy (non-hydrogen) atoms. The highest BCUT2D eigenvalue weighted by Gasteiger charge is 2.26. The SMILES string of the molecule is COc1ccccc1CCC(=O)NC1CCCN(C2=NC=CCC3=C2C=CCC3)C1. The zero-order valence-electron chi connectivity index (χ0n) is 17.8. The van der Waals surface area contributed by atoms with Crippen molar-refractivity contribution in [2.75, 3.05) is 20.2 Å². The van der Waals surface area contributed by atoms with E-state index < -0.39 is 0 Å². The van der Waals surface area contributed by atoms with Crippen molar-refractivity contribution in [2.45, 2.75) is 51.0 Å². The van der Waals surface area contributed by atoms with Gasteiger partial charge in [0.25, 0.3) is 0 Å². The van der Waals surface area contributed by atoms with Crippen LogP contribution in [-0.4, -0.2) is 42.9 Å². The molecule has 1 aliphatic carbocycles. The fourth-order valence-corrected chi connectivity index (χ4v) is 4.54. The Balaban J connectivity index is 1.36. The van der Waals surface area contributed by atoms with Gasteiger partial charge in [-0.3, -0.25) is 4.79 Å². The second-order valence-electron chi connectivity index (χ2n) is 8.16. The number of carbonyl (C=O) groups is 1. The Morgan fingerprint density at radius 1 is 1.30 bits per heavy atom. The summed E-state index contributed by atoms with van der Waals surface area (Å²) in [7, 11) is 1.67. The lowest BCUT2D eigenvalue weighted by Crippen LogP contribution is -2.50. The average molecular weight is 406 g/mol. The number of methoxy groups -OCH3 is 1. The number of amides is 1. The first-order valence-corrected chi connectivity index (χ1v) is 11.0. The molecule has 0 saturated carbocycles. The minimum atomic E-state index is 0.105. The number of hydrogen-bond acceptors (Lipinski definition) is 4. The second-order valence-corrected chi connectivity index (χ2v) is 8.16. The number of likely N-dealkylation sites (tertiary alicyclic amines) is 1. The van der Waals surface area contributed by atoms with Crippen LogP contribution >= 0.6 is 0 Å². The monoisotopic (exact) mass is 405 g/mol. The van der Waals surface area contributed by atoms with E-state index in [4.69, 9.17) is 9.73 Å². The predicted molar refractivity (Wildman–Crippen MR) is 121 cm³/mol. The van der Waals surface area contributed by atoms with Crippen LogP contribution in [0, 0.1) is 0 Å². The second kappa shape index (κ2) is 9.79. The predicted octanol–water partition coefficient (Wildman–Crippen LogP) is 4.17. The number of amidine groups is 1. The van der Waals surface area contributed by atoms with Crippen LogP contribution in [0.3, 0.4) is 0 Å². The van der Waals surface area contributed by atoms with Crippen LogP contribution in [0.4, 0.5) is 0 Å². The van der Waals surface area contributed by atoms with Crippen LogP contribution in [0.2, 0.25) is 0 Å². The highest BCUT2D eigenvalue weighted by atomic mass is 16.5. The molecule has 1 N–H and O–H groups in total. The number of ether oxygens (including phenoxy) is 1. The minimum absolute atomic E-state index is 0.105. The van der Waals surface area contributed by atoms with Gasteiger partial charge in [0.15, 0.2) is 0 Å². The lowest BCUT2D eigenvalue weighted by molar-refractivity contribution is -0.122. The molecule has 2 heterocycles. The van der Waals surface area contributed by atoms with Crippen molar-refractivity contribution in [3.8, 4) is 5.75 Å². The van der Waals surface area contributed by atoms with Crippen LogP contribution < -0.4 is 10.1 Å². The summed E-state index contributed by atoms with van der Waals surface area (Å²) in [5.74, 6) is 2.02. The van der Waals surface area contributed by atoms with Crippen LogP contribution in [0.5, 0.6) is 5.75 Å². The van der Waals surface area contributed by atoms with Crippen LogP contribution in [0.25, 0.3) is 0 Å². The molecule has 2 aliphatic heterocycles. The maximum Gasteiger partial charge on any atom is 0.220 e. The average Bonchev–Trinajstić information content (AvgIpc) is 3.01. The number of para-hydroxylation sites is 1. The van der Waals surface area contributed by atoms with Crippen molar-refractivity contribution in [2.24, 2.45) is 4.99 Å². The highest BCUT2D eigenvalue weighted by Crippen LogP contribution is 2.28. The molecule has 4 rings (SSSR count). The molecule has 0 aromatic heterocycles. The zero-order valence-corrected chi connectivity index (χ0v) is 17.8. The van der Waals surface area contributed by atoms with Crippen LogP contribution in [0.15, 0.2) is 64.8 Å². The lowest BCUT2D eigenvalue weighted by Gasteiger charge is -2.36. The molecule has 1 aromatic rings. The van der Waals surface area contributed by atoms with Gasteiger partial charge in [-0.15, -0.1) is 0 Å². The van der Waals surface area contributed by atoms with Crippen LogP contribution in [-0.2, 0) is 11.2 Å². The first-order chi connectivity index (χ1) is 14.7. The highest BCUT2D eigenvalue weighted by molar-refractivity contribution is 6.02. The van der Waals surface area contributed by atoms with Gasteiger partial charge in [-0.25, -0.2) is 4.99 Å². The number of nitrogens with one attached hydrogen (secondary N) is 1. The summed E-state index contributed by atoms with van der Waals surface area (Å²) in [5, 5.41) is 3.25. The molecular formula is C25H31N3O2. The Hall–Kier alpha value is -2.82. The number of allylic oxidation sites excluding steroid dienone is 3. The fraction of sp³-hybridized carbons (Fsp3) is 0.440. The van der Waals surface area contributed by atoms with E-state index in [-0.39, 0.29) is 11.9 Å². The summed E-state index contributed by atoms with van der Waals surface area (Å²) in [4.78, 5) is 19.7. The number of benzene rings is 1. The summed E-state index contributed by atoms with van der Waals surface area (Å²) in [5.41, 5.74) is 3.84. The molecule has 0 spiro atoms. The van der Waals surface area contributed by atoms with Crippen LogP contribution in [0.1, 0.15) is 44.1 Å². The van der Waals surface area contributed by atoms with Crippen molar-refractivity contribution in [1.82, 2.24) is 10.2 Å². The van der Waals surface area contributed by atoms with E-state index in [1.54, 1.807) is 7.11 Å². The number of nitrogens with zero attached hydrogens (tertiary/aromatic N) is 2. The molecular weight excluding hydrogens is 374 g/mol. The number of hydrogen-bond donors (Lipinski definition) is 1. The van der Waals surface area contributed by atoms with E-state index >= 15 is 0 Å². The third kappa shape index (κ3) is 4.84. The van der Waals surface area contributed by atoms with Gasteiger partial charge in [0.05, 0.1) is 7.11 Å². The van der Waals surface area contributed by atoms with Gasteiger partial charge in [0.2, 0.25) is 5.91 Å². The number of piperidine rings is 1. The third-order valence-corrected chi connectivity index (χ3v) is 6.09. The first kappa shape index (κ1) is 20.5. The molecule has 0 radical (unpaired) electrons.